The average molecular weight is 289 g/mol. The highest BCUT2D eigenvalue weighted by atomic mass is 19.1. The van der Waals surface area contributed by atoms with Gasteiger partial charge in [-0.15, -0.1) is 0 Å². The van der Waals surface area contributed by atoms with Crippen LogP contribution in [0.25, 0.3) is 0 Å². The molecule has 0 fully saturated rings. The van der Waals surface area contributed by atoms with Crippen LogP contribution in [-0.2, 0) is 12.8 Å². The van der Waals surface area contributed by atoms with E-state index in [1.165, 1.54) is 12.1 Å². The third kappa shape index (κ3) is 5.30. The van der Waals surface area contributed by atoms with Gasteiger partial charge in [-0.1, -0.05) is 12.1 Å². The second kappa shape index (κ2) is 8.09. The van der Waals surface area contributed by atoms with Gasteiger partial charge in [-0.2, -0.15) is 0 Å². The molecule has 2 N–H and O–H groups in total. The first-order chi connectivity index (χ1) is 10.3. The van der Waals surface area contributed by atoms with Crippen LogP contribution in [0.3, 0.4) is 0 Å². The molecule has 2 aromatic rings. The molecule has 21 heavy (non-hydrogen) atoms. The molecule has 2 rings (SSSR count). The van der Waals surface area contributed by atoms with Crippen molar-refractivity contribution in [3.05, 3.63) is 59.8 Å². The van der Waals surface area contributed by atoms with Crippen LogP contribution >= 0.6 is 0 Å². The number of hydrogen-bond donors (Lipinski definition) is 2. The zero-order valence-electron chi connectivity index (χ0n) is 12.1. The highest BCUT2D eigenvalue weighted by molar-refractivity contribution is 5.79. The van der Waals surface area contributed by atoms with Gasteiger partial charge in [-0.05, 0) is 36.2 Å². The van der Waals surface area contributed by atoms with E-state index in [4.69, 9.17) is 4.42 Å². The Bertz CT molecular complexity index is 549. The van der Waals surface area contributed by atoms with Gasteiger partial charge in [0, 0.05) is 26.6 Å². The maximum atomic E-state index is 12.8. The molecule has 0 unspecified atom stereocenters. The Kier molecular flexibility index (Phi) is 5.82. The van der Waals surface area contributed by atoms with Gasteiger partial charge in [0.2, 0.25) is 0 Å². The summed E-state index contributed by atoms with van der Waals surface area (Å²) in [6.07, 6.45) is 3.30. The number of rotatable bonds is 6. The molecular formula is C16H20FN3O. The predicted molar refractivity (Wildman–Crippen MR) is 81.9 cm³/mol. The lowest BCUT2D eigenvalue weighted by Gasteiger charge is -2.11. The lowest BCUT2D eigenvalue weighted by molar-refractivity contribution is 0.507. The van der Waals surface area contributed by atoms with Crippen LogP contribution in [0.1, 0.15) is 11.3 Å². The zero-order valence-corrected chi connectivity index (χ0v) is 12.1. The number of benzene rings is 1. The molecule has 112 valence electrons. The number of halogens is 1. The summed E-state index contributed by atoms with van der Waals surface area (Å²) >= 11 is 0. The highest BCUT2D eigenvalue weighted by Gasteiger charge is 2.00. The summed E-state index contributed by atoms with van der Waals surface area (Å²) in [7, 11) is 1.74. The van der Waals surface area contributed by atoms with E-state index in [-0.39, 0.29) is 5.82 Å². The fourth-order valence-corrected chi connectivity index (χ4v) is 1.96. The molecular weight excluding hydrogens is 269 g/mol. The lowest BCUT2D eigenvalue weighted by atomic mass is 10.1. The molecule has 0 bridgehead atoms. The summed E-state index contributed by atoms with van der Waals surface area (Å²) in [6.45, 7) is 1.50. The number of aliphatic imine (C=N–C) groups is 1. The van der Waals surface area contributed by atoms with Crippen LogP contribution in [-0.4, -0.2) is 26.1 Å². The molecule has 1 aromatic carbocycles. The van der Waals surface area contributed by atoms with Crippen molar-refractivity contribution in [3.63, 3.8) is 0 Å². The number of nitrogens with zero attached hydrogens (tertiary/aromatic N) is 1. The Balaban J connectivity index is 1.66. The Morgan fingerprint density at radius 2 is 1.81 bits per heavy atom. The van der Waals surface area contributed by atoms with Crippen LogP contribution in [0.2, 0.25) is 0 Å². The minimum atomic E-state index is -0.206. The Morgan fingerprint density at radius 3 is 2.43 bits per heavy atom. The smallest absolute Gasteiger partial charge is 0.191 e. The molecule has 1 heterocycles. The standard InChI is InChI=1S/C16H20FN3O/c1-18-16(20-11-9-15-3-2-12-21-15)19-10-8-13-4-6-14(17)7-5-13/h2-7,12H,8-11H2,1H3,(H2,18,19,20). The summed E-state index contributed by atoms with van der Waals surface area (Å²) < 4.78 is 18.1. The second-order valence-electron chi connectivity index (χ2n) is 4.63. The maximum Gasteiger partial charge on any atom is 0.191 e. The number of guanidine groups is 1. The van der Waals surface area contributed by atoms with Crippen LogP contribution in [0, 0.1) is 5.82 Å². The summed E-state index contributed by atoms with van der Waals surface area (Å²) in [6, 6.07) is 10.4. The SMILES string of the molecule is CN=C(NCCc1ccc(F)cc1)NCCc1ccco1. The molecule has 4 nitrogen and oxygen atoms in total. The number of furan rings is 1. The van der Waals surface area contributed by atoms with E-state index in [1.54, 1.807) is 25.4 Å². The molecule has 0 saturated heterocycles. The van der Waals surface area contributed by atoms with Crippen LogP contribution in [0.4, 0.5) is 4.39 Å². The molecule has 0 radical (unpaired) electrons. The van der Waals surface area contributed by atoms with E-state index < -0.39 is 0 Å². The molecule has 0 saturated carbocycles. The van der Waals surface area contributed by atoms with Crippen LogP contribution in [0.5, 0.6) is 0 Å². The molecule has 0 aliphatic heterocycles. The van der Waals surface area contributed by atoms with Crippen molar-refractivity contribution in [1.82, 2.24) is 10.6 Å². The first-order valence-electron chi connectivity index (χ1n) is 6.99. The van der Waals surface area contributed by atoms with E-state index >= 15 is 0 Å². The van der Waals surface area contributed by atoms with E-state index in [0.717, 1.165) is 43.2 Å². The zero-order chi connectivity index (χ0) is 14.9. The predicted octanol–water partition coefficient (Wildman–Crippen LogP) is 2.37. The fourth-order valence-electron chi connectivity index (χ4n) is 1.96. The summed E-state index contributed by atoms with van der Waals surface area (Å²) in [5, 5.41) is 6.45. The van der Waals surface area contributed by atoms with Crippen molar-refractivity contribution in [2.24, 2.45) is 4.99 Å². The van der Waals surface area contributed by atoms with Crippen molar-refractivity contribution in [2.75, 3.05) is 20.1 Å². The topological polar surface area (TPSA) is 49.6 Å². The average Bonchev–Trinajstić information content (AvgIpc) is 3.01. The van der Waals surface area contributed by atoms with E-state index in [9.17, 15) is 4.39 Å². The normalized spacial score (nSPS) is 11.4. The molecule has 1 aromatic heterocycles. The molecule has 0 aliphatic rings. The maximum absolute atomic E-state index is 12.8. The van der Waals surface area contributed by atoms with Crippen molar-refractivity contribution >= 4 is 5.96 Å². The largest absolute Gasteiger partial charge is 0.469 e. The van der Waals surface area contributed by atoms with Crippen molar-refractivity contribution in [1.29, 1.82) is 0 Å². The van der Waals surface area contributed by atoms with Gasteiger partial charge in [-0.3, -0.25) is 4.99 Å². The molecule has 0 atom stereocenters. The Morgan fingerprint density at radius 1 is 1.10 bits per heavy atom. The van der Waals surface area contributed by atoms with E-state index in [2.05, 4.69) is 15.6 Å². The van der Waals surface area contributed by atoms with Crippen molar-refractivity contribution in [3.8, 4) is 0 Å². The molecule has 0 aliphatic carbocycles. The first-order valence-corrected chi connectivity index (χ1v) is 6.99. The third-order valence-electron chi connectivity index (χ3n) is 3.09. The van der Waals surface area contributed by atoms with Gasteiger partial charge < -0.3 is 15.1 Å². The van der Waals surface area contributed by atoms with Crippen LogP contribution in [0.15, 0.2) is 52.1 Å². The summed E-state index contributed by atoms with van der Waals surface area (Å²) in [4.78, 5) is 4.16. The van der Waals surface area contributed by atoms with E-state index in [1.807, 2.05) is 12.1 Å². The van der Waals surface area contributed by atoms with Gasteiger partial charge in [0.05, 0.1) is 6.26 Å². The molecule has 0 amide bonds. The minimum absolute atomic E-state index is 0.206. The van der Waals surface area contributed by atoms with Gasteiger partial charge in [-0.25, -0.2) is 4.39 Å². The summed E-state index contributed by atoms with van der Waals surface area (Å²) in [5.41, 5.74) is 1.09. The van der Waals surface area contributed by atoms with Gasteiger partial charge in [0.15, 0.2) is 5.96 Å². The molecule has 0 spiro atoms. The summed E-state index contributed by atoms with van der Waals surface area (Å²) in [5.74, 6) is 1.50. The van der Waals surface area contributed by atoms with E-state index in [0.29, 0.717) is 0 Å². The lowest BCUT2D eigenvalue weighted by Crippen LogP contribution is -2.39. The number of hydrogen-bond acceptors (Lipinski definition) is 2. The van der Waals surface area contributed by atoms with Crippen molar-refractivity contribution < 1.29 is 8.81 Å². The monoisotopic (exact) mass is 289 g/mol. The molecule has 5 heteroatoms. The third-order valence-corrected chi connectivity index (χ3v) is 3.09. The highest BCUT2D eigenvalue weighted by Crippen LogP contribution is 2.02. The Hall–Kier alpha value is -2.30. The van der Waals surface area contributed by atoms with Gasteiger partial charge in [0.1, 0.15) is 11.6 Å². The first kappa shape index (κ1) is 15.1. The fraction of sp³-hybridized carbons (Fsp3) is 0.312. The van der Waals surface area contributed by atoms with Crippen molar-refractivity contribution in [2.45, 2.75) is 12.8 Å². The van der Waals surface area contributed by atoms with Gasteiger partial charge in [0.25, 0.3) is 0 Å². The quantitative estimate of drug-likeness (QED) is 0.634. The number of nitrogens with one attached hydrogen (secondary N) is 2. The second-order valence-corrected chi connectivity index (χ2v) is 4.63. The minimum Gasteiger partial charge on any atom is -0.469 e. The van der Waals surface area contributed by atoms with Gasteiger partial charge >= 0.3 is 0 Å². The Labute approximate surface area is 124 Å². The van der Waals surface area contributed by atoms with Crippen LogP contribution < -0.4 is 10.6 Å².